The van der Waals surface area contributed by atoms with Crippen molar-refractivity contribution in [3.05, 3.63) is 35.9 Å². The van der Waals surface area contributed by atoms with Crippen LogP contribution in [-0.2, 0) is 4.79 Å². The molecule has 0 aliphatic rings. The lowest BCUT2D eigenvalue weighted by Gasteiger charge is -2.02. The number of allylic oxidation sites excluding steroid dienone is 1. The molecule has 0 unspecified atom stereocenters. The Morgan fingerprint density at radius 3 is 3.00 bits per heavy atom. The van der Waals surface area contributed by atoms with E-state index in [9.17, 15) is 4.79 Å². The van der Waals surface area contributed by atoms with Crippen LogP contribution < -0.4 is 4.74 Å². The Morgan fingerprint density at radius 1 is 1.57 bits per heavy atom. The highest BCUT2D eigenvalue weighted by molar-refractivity contribution is 5.71. The van der Waals surface area contributed by atoms with E-state index >= 15 is 0 Å². The third kappa shape index (κ3) is 3.31. The minimum absolute atomic E-state index is 0.165. The summed E-state index contributed by atoms with van der Waals surface area (Å²) in [6.45, 7) is 2.03. The Bertz CT molecular complexity index is 342. The van der Waals surface area contributed by atoms with Gasteiger partial charge in [0.1, 0.15) is 24.4 Å². The first-order valence-corrected chi connectivity index (χ1v) is 4.26. The van der Waals surface area contributed by atoms with Gasteiger partial charge in [0.25, 0.3) is 0 Å². The summed E-state index contributed by atoms with van der Waals surface area (Å²) in [5.74, 6) is 0.749. The van der Waals surface area contributed by atoms with Crippen molar-refractivity contribution in [3.8, 4) is 11.5 Å². The maximum absolute atomic E-state index is 10.2. The predicted molar refractivity (Wildman–Crippen MR) is 53.4 cm³/mol. The van der Waals surface area contributed by atoms with Crippen LogP contribution >= 0.6 is 0 Å². The van der Waals surface area contributed by atoms with Gasteiger partial charge < -0.3 is 9.84 Å². The van der Waals surface area contributed by atoms with E-state index in [0.717, 1.165) is 6.29 Å². The van der Waals surface area contributed by atoms with Crippen LogP contribution in [0.25, 0.3) is 0 Å². The lowest BCUT2D eigenvalue weighted by atomic mass is 10.3. The number of phenolic OH excluding ortho intramolecular Hbond substituents is 1. The number of rotatable bonds is 4. The Balaban J connectivity index is 2.50. The molecule has 0 aliphatic heterocycles. The SMILES string of the molecule is CC(C=O)=CCOc1cccc(O)c1. The van der Waals surface area contributed by atoms with Crippen LogP contribution in [0, 0.1) is 0 Å². The molecule has 0 fully saturated rings. The minimum Gasteiger partial charge on any atom is -0.508 e. The lowest BCUT2D eigenvalue weighted by molar-refractivity contribution is -0.104. The molecule has 0 saturated carbocycles. The van der Waals surface area contributed by atoms with E-state index < -0.39 is 0 Å². The summed E-state index contributed by atoms with van der Waals surface area (Å²) in [5.41, 5.74) is 0.630. The topological polar surface area (TPSA) is 46.5 Å². The summed E-state index contributed by atoms with van der Waals surface area (Å²) < 4.78 is 5.26. The second-order valence-electron chi connectivity index (χ2n) is 2.87. The maximum Gasteiger partial charge on any atom is 0.145 e. The standard InChI is InChI=1S/C11H12O3/c1-9(8-12)5-6-14-11-4-2-3-10(13)7-11/h2-5,7-8,13H,6H2,1H3. The number of benzene rings is 1. The predicted octanol–water partition coefficient (Wildman–Crippen LogP) is 1.92. The fourth-order valence-corrected chi connectivity index (χ4v) is 0.891. The molecule has 0 bridgehead atoms. The number of ether oxygens (including phenoxy) is 1. The zero-order chi connectivity index (χ0) is 10.4. The monoisotopic (exact) mass is 192 g/mol. The highest BCUT2D eigenvalue weighted by atomic mass is 16.5. The van der Waals surface area contributed by atoms with Crippen LogP contribution in [-0.4, -0.2) is 18.0 Å². The van der Waals surface area contributed by atoms with Gasteiger partial charge in [-0.05, 0) is 30.7 Å². The first-order chi connectivity index (χ1) is 6.72. The zero-order valence-electron chi connectivity index (χ0n) is 7.93. The van der Waals surface area contributed by atoms with Crippen molar-refractivity contribution in [1.29, 1.82) is 0 Å². The Hall–Kier alpha value is -1.77. The molecular formula is C11H12O3. The van der Waals surface area contributed by atoms with E-state index in [1.54, 1.807) is 31.2 Å². The molecule has 0 atom stereocenters. The van der Waals surface area contributed by atoms with Gasteiger partial charge in [0.2, 0.25) is 0 Å². The van der Waals surface area contributed by atoms with E-state index in [4.69, 9.17) is 9.84 Å². The summed E-state index contributed by atoms with van der Waals surface area (Å²) in [7, 11) is 0. The van der Waals surface area contributed by atoms with Crippen LogP contribution in [0.4, 0.5) is 0 Å². The van der Waals surface area contributed by atoms with Crippen molar-refractivity contribution in [3.63, 3.8) is 0 Å². The number of aldehydes is 1. The first-order valence-electron chi connectivity index (χ1n) is 4.26. The van der Waals surface area contributed by atoms with E-state index in [-0.39, 0.29) is 5.75 Å². The average molecular weight is 192 g/mol. The van der Waals surface area contributed by atoms with Gasteiger partial charge in [0, 0.05) is 6.07 Å². The molecule has 3 heteroatoms. The van der Waals surface area contributed by atoms with Gasteiger partial charge in [-0.25, -0.2) is 0 Å². The van der Waals surface area contributed by atoms with Crippen molar-refractivity contribution >= 4 is 6.29 Å². The zero-order valence-corrected chi connectivity index (χ0v) is 7.93. The van der Waals surface area contributed by atoms with E-state index in [1.807, 2.05) is 0 Å². The minimum atomic E-state index is 0.165. The smallest absolute Gasteiger partial charge is 0.145 e. The van der Waals surface area contributed by atoms with Crippen LogP contribution in [0.15, 0.2) is 35.9 Å². The van der Waals surface area contributed by atoms with Crippen LogP contribution in [0.1, 0.15) is 6.92 Å². The maximum atomic E-state index is 10.2. The molecule has 0 aliphatic carbocycles. The van der Waals surface area contributed by atoms with Crippen molar-refractivity contribution < 1.29 is 14.6 Å². The summed E-state index contributed by atoms with van der Waals surface area (Å²) in [6.07, 6.45) is 2.45. The van der Waals surface area contributed by atoms with Gasteiger partial charge in [-0.1, -0.05) is 6.07 Å². The molecular weight excluding hydrogens is 180 g/mol. The first kappa shape index (κ1) is 10.3. The second kappa shape index (κ2) is 5.07. The van der Waals surface area contributed by atoms with Crippen LogP contribution in [0.3, 0.4) is 0 Å². The number of hydrogen-bond donors (Lipinski definition) is 1. The Morgan fingerprint density at radius 2 is 2.36 bits per heavy atom. The molecule has 74 valence electrons. The number of carbonyl (C=O) groups excluding carboxylic acids is 1. The van der Waals surface area contributed by atoms with Crippen molar-refractivity contribution in [2.24, 2.45) is 0 Å². The Kier molecular flexibility index (Phi) is 3.73. The molecule has 0 aromatic heterocycles. The second-order valence-corrected chi connectivity index (χ2v) is 2.87. The number of aromatic hydroxyl groups is 1. The molecule has 0 heterocycles. The van der Waals surface area contributed by atoms with Gasteiger partial charge >= 0.3 is 0 Å². The highest BCUT2D eigenvalue weighted by Crippen LogP contribution is 2.17. The number of hydrogen-bond acceptors (Lipinski definition) is 3. The van der Waals surface area contributed by atoms with E-state index in [2.05, 4.69) is 0 Å². The molecule has 3 nitrogen and oxygen atoms in total. The fraction of sp³-hybridized carbons (Fsp3) is 0.182. The normalized spacial score (nSPS) is 11.1. The fourth-order valence-electron chi connectivity index (χ4n) is 0.891. The van der Waals surface area contributed by atoms with Crippen molar-refractivity contribution in [2.75, 3.05) is 6.61 Å². The van der Waals surface area contributed by atoms with Gasteiger partial charge in [-0.2, -0.15) is 0 Å². The molecule has 14 heavy (non-hydrogen) atoms. The van der Waals surface area contributed by atoms with E-state index in [0.29, 0.717) is 17.9 Å². The Labute approximate surface area is 82.6 Å². The molecule has 0 spiro atoms. The summed E-state index contributed by atoms with van der Waals surface area (Å²) >= 11 is 0. The molecule has 1 N–H and O–H groups in total. The van der Waals surface area contributed by atoms with Gasteiger partial charge in [-0.15, -0.1) is 0 Å². The summed E-state index contributed by atoms with van der Waals surface area (Å²) in [5, 5.41) is 9.12. The molecule has 0 amide bonds. The van der Waals surface area contributed by atoms with Crippen LogP contribution in [0.2, 0.25) is 0 Å². The quantitative estimate of drug-likeness (QED) is 0.585. The summed E-state index contributed by atoms with van der Waals surface area (Å²) in [4.78, 5) is 10.2. The number of phenols is 1. The molecule has 1 aromatic carbocycles. The van der Waals surface area contributed by atoms with E-state index in [1.165, 1.54) is 6.07 Å². The van der Waals surface area contributed by atoms with Crippen molar-refractivity contribution in [2.45, 2.75) is 6.92 Å². The molecule has 1 rings (SSSR count). The number of carbonyl (C=O) groups is 1. The van der Waals surface area contributed by atoms with Crippen LogP contribution in [0.5, 0.6) is 11.5 Å². The molecule has 1 aromatic rings. The molecule has 0 radical (unpaired) electrons. The third-order valence-corrected chi connectivity index (χ3v) is 1.66. The van der Waals surface area contributed by atoms with Gasteiger partial charge in [0.05, 0.1) is 0 Å². The highest BCUT2D eigenvalue weighted by Gasteiger charge is 1.93. The lowest BCUT2D eigenvalue weighted by Crippen LogP contribution is -1.94. The summed E-state index contributed by atoms with van der Waals surface area (Å²) in [6, 6.07) is 6.52. The average Bonchev–Trinajstić information content (AvgIpc) is 2.17. The molecule has 0 saturated heterocycles. The largest absolute Gasteiger partial charge is 0.508 e. The van der Waals surface area contributed by atoms with Gasteiger partial charge in [-0.3, -0.25) is 4.79 Å². The third-order valence-electron chi connectivity index (χ3n) is 1.66. The van der Waals surface area contributed by atoms with Gasteiger partial charge in [0.15, 0.2) is 0 Å². The van der Waals surface area contributed by atoms with Crippen molar-refractivity contribution in [1.82, 2.24) is 0 Å².